The van der Waals surface area contributed by atoms with Crippen LogP contribution in [0.25, 0.3) is 98.4 Å². The van der Waals surface area contributed by atoms with Crippen molar-refractivity contribution >= 4 is 53.9 Å². The Bertz CT molecular complexity index is 2610. The molecule has 0 N–H and O–H groups in total. The van der Waals surface area contributed by atoms with E-state index in [0.717, 1.165) is 0 Å². The van der Waals surface area contributed by atoms with Crippen LogP contribution in [0.3, 0.4) is 0 Å². The van der Waals surface area contributed by atoms with Crippen LogP contribution in [0.5, 0.6) is 0 Å². The molecule has 10 aromatic carbocycles. The fourth-order valence-corrected chi connectivity index (χ4v) is 8.08. The van der Waals surface area contributed by atoms with Crippen LogP contribution in [-0.4, -0.2) is 0 Å². The van der Waals surface area contributed by atoms with E-state index in [1.54, 1.807) is 0 Å². The second-order valence-corrected chi connectivity index (χ2v) is 12.8. The van der Waals surface area contributed by atoms with Crippen molar-refractivity contribution < 1.29 is 0 Å². The van der Waals surface area contributed by atoms with E-state index in [1.807, 2.05) is 0 Å². The molecule has 0 heteroatoms. The second-order valence-electron chi connectivity index (χ2n) is 12.8. The van der Waals surface area contributed by atoms with Crippen molar-refractivity contribution in [1.29, 1.82) is 0 Å². The minimum absolute atomic E-state index is 1.23. The molecule has 0 amide bonds. The molecule has 0 spiro atoms. The molecule has 0 aliphatic heterocycles. The molecule has 0 atom stereocenters. The van der Waals surface area contributed by atoms with Crippen LogP contribution in [0.2, 0.25) is 0 Å². The topological polar surface area (TPSA) is 0 Å². The van der Waals surface area contributed by atoms with Gasteiger partial charge in [-0.2, -0.15) is 0 Å². The van der Waals surface area contributed by atoms with Crippen LogP contribution in [0.4, 0.5) is 0 Å². The van der Waals surface area contributed by atoms with Crippen molar-refractivity contribution in [2.45, 2.75) is 0 Å². The number of hydrogen-bond acceptors (Lipinski definition) is 0. The van der Waals surface area contributed by atoms with E-state index in [-0.39, 0.29) is 0 Å². The molecule has 0 aliphatic carbocycles. The first-order chi connectivity index (χ1) is 23.8. The molecule has 10 rings (SSSR count). The van der Waals surface area contributed by atoms with Gasteiger partial charge >= 0.3 is 0 Å². The lowest BCUT2D eigenvalue weighted by Crippen LogP contribution is -1.93. The Morgan fingerprint density at radius 1 is 0.208 bits per heavy atom. The van der Waals surface area contributed by atoms with Gasteiger partial charge in [0.05, 0.1) is 0 Å². The lowest BCUT2D eigenvalue weighted by Gasteiger charge is -2.20. The van der Waals surface area contributed by atoms with Crippen LogP contribution < -0.4 is 0 Å². The highest BCUT2D eigenvalue weighted by Crippen LogP contribution is 2.48. The first kappa shape index (κ1) is 26.9. The van der Waals surface area contributed by atoms with Gasteiger partial charge in [-0.25, -0.2) is 0 Å². The summed E-state index contributed by atoms with van der Waals surface area (Å²) in [4.78, 5) is 0. The van der Waals surface area contributed by atoms with Crippen LogP contribution in [0.1, 0.15) is 0 Å². The normalized spacial score (nSPS) is 11.8. The fourth-order valence-electron chi connectivity index (χ4n) is 8.08. The number of fused-ring (bicyclic) bond motifs is 2. The van der Waals surface area contributed by atoms with Gasteiger partial charge in [0.25, 0.3) is 0 Å². The predicted octanol–water partition coefficient (Wildman–Crippen LogP) is 13.6. The van der Waals surface area contributed by atoms with Crippen LogP contribution in [-0.2, 0) is 0 Å². The molecule has 222 valence electrons. The van der Waals surface area contributed by atoms with Gasteiger partial charge < -0.3 is 0 Å². The minimum atomic E-state index is 1.23. The molecule has 10 aromatic rings. The Balaban J connectivity index is 1.32. The Morgan fingerprint density at radius 2 is 0.562 bits per heavy atom. The highest BCUT2D eigenvalue weighted by molar-refractivity contribution is 6.29. The maximum absolute atomic E-state index is 2.35. The third-order valence-electron chi connectivity index (χ3n) is 10.2. The first-order valence-corrected chi connectivity index (χ1v) is 16.7. The first-order valence-electron chi connectivity index (χ1n) is 16.7. The third-order valence-corrected chi connectivity index (χ3v) is 10.2. The van der Waals surface area contributed by atoms with Gasteiger partial charge in [0, 0.05) is 0 Å². The van der Waals surface area contributed by atoms with E-state index in [2.05, 4.69) is 182 Å². The van der Waals surface area contributed by atoms with Crippen molar-refractivity contribution in [3.05, 3.63) is 182 Å². The smallest absolute Gasteiger partial charge is 0.00203 e. The zero-order valence-corrected chi connectivity index (χ0v) is 26.3. The molecule has 0 saturated carbocycles. The Morgan fingerprint density at radius 3 is 1.02 bits per heavy atom. The van der Waals surface area contributed by atoms with Crippen LogP contribution >= 0.6 is 0 Å². The van der Waals surface area contributed by atoms with E-state index in [9.17, 15) is 0 Å². The van der Waals surface area contributed by atoms with Crippen LogP contribution in [0.15, 0.2) is 182 Å². The molecular formula is C48H30. The minimum Gasteiger partial charge on any atom is -0.0622 e. The maximum Gasteiger partial charge on any atom is -0.00203 e. The Labute approximate surface area is 279 Å². The molecule has 0 heterocycles. The summed E-state index contributed by atoms with van der Waals surface area (Å²) in [5, 5.41) is 12.8. The SMILES string of the molecule is c1ccc(-c2ccc3ccccc3c2-c2ccc3ccc4c(-c5c(-c6ccccc6)ccc6ccccc56)ccc5ccc2c3c54)cc1. The van der Waals surface area contributed by atoms with Gasteiger partial charge in [0.1, 0.15) is 0 Å². The summed E-state index contributed by atoms with van der Waals surface area (Å²) in [6.07, 6.45) is 0. The standard InChI is InChI=1S/C48H30/c1-3-11-31(12-4-1)39-25-19-33-15-7-9-17-37(33)47(39)43-29-23-35-22-28-42-44(30-24-36-21-27-41(43)45(35)46(36)42)48-38-18-10-8-16-34(38)20-26-40(48)32-13-5-2-6-14-32/h1-30H. The summed E-state index contributed by atoms with van der Waals surface area (Å²) in [6, 6.07) is 67.1. The van der Waals surface area contributed by atoms with Crippen molar-refractivity contribution in [2.24, 2.45) is 0 Å². The van der Waals surface area contributed by atoms with Crippen molar-refractivity contribution in [1.82, 2.24) is 0 Å². The van der Waals surface area contributed by atoms with E-state index >= 15 is 0 Å². The largest absolute Gasteiger partial charge is 0.0622 e. The molecule has 0 radical (unpaired) electrons. The van der Waals surface area contributed by atoms with E-state index < -0.39 is 0 Å². The lowest BCUT2D eigenvalue weighted by molar-refractivity contribution is 1.62. The van der Waals surface area contributed by atoms with Gasteiger partial charge in [-0.15, -0.1) is 0 Å². The molecule has 0 aliphatic rings. The highest BCUT2D eigenvalue weighted by atomic mass is 14.2. The average Bonchev–Trinajstić information content (AvgIpc) is 3.17. The zero-order valence-electron chi connectivity index (χ0n) is 26.3. The van der Waals surface area contributed by atoms with Crippen molar-refractivity contribution in [2.75, 3.05) is 0 Å². The average molecular weight is 607 g/mol. The van der Waals surface area contributed by atoms with E-state index in [0.29, 0.717) is 0 Å². The molecule has 0 aromatic heterocycles. The molecular weight excluding hydrogens is 577 g/mol. The molecule has 0 bridgehead atoms. The highest BCUT2D eigenvalue weighted by Gasteiger charge is 2.20. The summed E-state index contributed by atoms with van der Waals surface area (Å²) in [5.74, 6) is 0. The van der Waals surface area contributed by atoms with Gasteiger partial charge in [0.2, 0.25) is 0 Å². The zero-order chi connectivity index (χ0) is 31.6. The predicted molar refractivity (Wildman–Crippen MR) is 207 cm³/mol. The van der Waals surface area contributed by atoms with Crippen molar-refractivity contribution in [3.63, 3.8) is 0 Å². The summed E-state index contributed by atoms with van der Waals surface area (Å²) < 4.78 is 0. The molecule has 0 unspecified atom stereocenters. The van der Waals surface area contributed by atoms with Gasteiger partial charge in [0.15, 0.2) is 0 Å². The van der Waals surface area contributed by atoms with Crippen molar-refractivity contribution in [3.8, 4) is 44.5 Å². The summed E-state index contributed by atoms with van der Waals surface area (Å²) in [7, 11) is 0. The monoisotopic (exact) mass is 606 g/mol. The summed E-state index contributed by atoms with van der Waals surface area (Å²) in [5.41, 5.74) is 10.1. The molecule has 0 nitrogen and oxygen atoms in total. The number of benzene rings is 10. The quantitative estimate of drug-likeness (QED) is 0.175. The third kappa shape index (κ3) is 4.03. The lowest BCUT2D eigenvalue weighted by atomic mass is 9.83. The summed E-state index contributed by atoms with van der Waals surface area (Å²) in [6.45, 7) is 0. The maximum atomic E-state index is 2.35. The Hall–Kier alpha value is -6.24. The molecule has 0 fully saturated rings. The number of hydrogen-bond donors (Lipinski definition) is 0. The second kappa shape index (κ2) is 10.7. The van der Waals surface area contributed by atoms with Gasteiger partial charge in [-0.3, -0.25) is 0 Å². The fraction of sp³-hybridized carbons (Fsp3) is 0. The number of rotatable bonds is 4. The molecule has 0 saturated heterocycles. The Kier molecular flexibility index (Phi) is 5.98. The van der Waals surface area contributed by atoms with E-state index in [1.165, 1.54) is 98.4 Å². The van der Waals surface area contributed by atoms with Gasteiger partial charge in [-0.1, -0.05) is 182 Å². The van der Waals surface area contributed by atoms with Gasteiger partial charge in [-0.05, 0) is 98.4 Å². The van der Waals surface area contributed by atoms with Crippen LogP contribution in [0, 0.1) is 0 Å². The molecule has 48 heavy (non-hydrogen) atoms. The summed E-state index contributed by atoms with van der Waals surface area (Å²) >= 11 is 0. The van der Waals surface area contributed by atoms with E-state index in [4.69, 9.17) is 0 Å².